The lowest BCUT2D eigenvalue weighted by molar-refractivity contribution is -0.384. The van der Waals surface area contributed by atoms with Crippen LogP contribution in [0.15, 0.2) is 60.3 Å². The number of para-hydroxylation sites is 1. The second-order valence-electron chi connectivity index (χ2n) is 5.64. The molecule has 0 spiro atoms. The molecule has 3 aromatic rings. The number of nitriles is 1. The smallest absolute Gasteiger partial charge is 0.271 e. The summed E-state index contributed by atoms with van der Waals surface area (Å²) in [6.07, 6.45) is 3.34. The summed E-state index contributed by atoms with van der Waals surface area (Å²) in [6, 6.07) is 15.1. The van der Waals surface area contributed by atoms with Crippen molar-refractivity contribution in [2.45, 2.75) is 0 Å². The Morgan fingerprint density at radius 3 is 2.77 bits per heavy atom. The first-order chi connectivity index (χ1) is 12.5. The van der Waals surface area contributed by atoms with E-state index in [0.29, 0.717) is 0 Å². The summed E-state index contributed by atoms with van der Waals surface area (Å²) in [5.74, 6) is -0.624. The average molecular weight is 346 g/mol. The number of aromatic nitrogens is 1. The summed E-state index contributed by atoms with van der Waals surface area (Å²) in [7, 11) is 1.88. The van der Waals surface area contributed by atoms with E-state index in [1.807, 2.05) is 48.1 Å². The number of fused-ring (bicyclic) bond motifs is 1. The summed E-state index contributed by atoms with van der Waals surface area (Å²) in [6.45, 7) is 0. The summed E-state index contributed by atoms with van der Waals surface area (Å²) in [5, 5.41) is 23.6. The van der Waals surface area contributed by atoms with E-state index < -0.39 is 10.8 Å². The molecular formula is C19H14N4O3. The highest BCUT2D eigenvalue weighted by Crippen LogP contribution is 2.23. The zero-order valence-corrected chi connectivity index (χ0v) is 13.8. The minimum atomic E-state index is -0.624. The molecule has 0 aliphatic carbocycles. The maximum Gasteiger partial charge on any atom is 0.271 e. The standard InChI is InChI=1S/C19H14N4O3/c1-22-12-14(17-7-2-3-8-18(17)22)9-13(11-20)19(24)21-15-5-4-6-16(10-15)23(25)26/h2-10,12H,1H3,(H,21,24)/b13-9-. The number of rotatable bonds is 4. The van der Waals surface area contributed by atoms with Gasteiger partial charge in [0.2, 0.25) is 0 Å². The minimum absolute atomic E-state index is 0.0899. The lowest BCUT2D eigenvalue weighted by atomic mass is 10.1. The van der Waals surface area contributed by atoms with Gasteiger partial charge >= 0.3 is 0 Å². The summed E-state index contributed by atoms with van der Waals surface area (Å²) in [5.41, 5.74) is 1.75. The van der Waals surface area contributed by atoms with E-state index in [9.17, 15) is 20.2 Å². The number of aryl methyl sites for hydroxylation is 1. The van der Waals surface area contributed by atoms with Crippen LogP contribution in [0.3, 0.4) is 0 Å². The predicted octanol–water partition coefficient (Wildman–Crippen LogP) is 3.63. The number of benzene rings is 2. The van der Waals surface area contributed by atoms with Gasteiger partial charge in [-0.2, -0.15) is 5.26 Å². The molecule has 1 amide bonds. The second-order valence-corrected chi connectivity index (χ2v) is 5.64. The molecule has 0 aliphatic heterocycles. The van der Waals surface area contributed by atoms with Gasteiger partial charge in [0, 0.05) is 47.5 Å². The van der Waals surface area contributed by atoms with Gasteiger partial charge in [-0.15, -0.1) is 0 Å². The number of nitro benzene ring substituents is 1. The van der Waals surface area contributed by atoms with Crippen LogP contribution in [0.5, 0.6) is 0 Å². The second kappa shape index (κ2) is 6.91. The quantitative estimate of drug-likeness (QED) is 0.337. The number of carbonyl (C=O) groups is 1. The lowest BCUT2D eigenvalue weighted by Gasteiger charge is -2.04. The molecule has 26 heavy (non-hydrogen) atoms. The molecule has 128 valence electrons. The highest BCUT2D eigenvalue weighted by Gasteiger charge is 2.13. The van der Waals surface area contributed by atoms with Crippen LogP contribution in [0.1, 0.15) is 5.56 Å². The Hall–Kier alpha value is -3.92. The Kier molecular flexibility index (Phi) is 4.50. The molecule has 1 N–H and O–H groups in total. The molecule has 0 aliphatic rings. The fraction of sp³-hybridized carbons (Fsp3) is 0.0526. The van der Waals surface area contributed by atoms with E-state index in [0.717, 1.165) is 16.5 Å². The van der Waals surface area contributed by atoms with Crippen LogP contribution in [0.4, 0.5) is 11.4 Å². The molecule has 0 saturated carbocycles. The van der Waals surface area contributed by atoms with E-state index in [1.165, 1.54) is 30.3 Å². The van der Waals surface area contributed by atoms with Crippen molar-refractivity contribution in [3.05, 3.63) is 76.0 Å². The highest BCUT2D eigenvalue weighted by atomic mass is 16.6. The summed E-state index contributed by atoms with van der Waals surface area (Å²) in [4.78, 5) is 22.7. The number of nitro groups is 1. The number of carbonyl (C=O) groups excluding carboxylic acids is 1. The number of anilines is 1. The van der Waals surface area contributed by atoms with Crippen LogP contribution in [0.2, 0.25) is 0 Å². The average Bonchev–Trinajstić information content (AvgIpc) is 2.96. The molecule has 0 radical (unpaired) electrons. The van der Waals surface area contributed by atoms with Gasteiger partial charge in [0.1, 0.15) is 11.6 Å². The lowest BCUT2D eigenvalue weighted by Crippen LogP contribution is -2.13. The van der Waals surface area contributed by atoms with Gasteiger partial charge in [0.15, 0.2) is 0 Å². The van der Waals surface area contributed by atoms with Crippen LogP contribution in [0, 0.1) is 21.4 Å². The molecule has 7 heteroatoms. The van der Waals surface area contributed by atoms with Crippen LogP contribution in [-0.2, 0) is 11.8 Å². The summed E-state index contributed by atoms with van der Waals surface area (Å²) < 4.78 is 1.91. The number of amides is 1. The molecule has 7 nitrogen and oxygen atoms in total. The maximum absolute atomic E-state index is 12.4. The molecule has 0 bridgehead atoms. The van der Waals surface area contributed by atoms with Crippen molar-refractivity contribution in [3.63, 3.8) is 0 Å². The fourth-order valence-corrected chi connectivity index (χ4v) is 2.69. The third-order valence-electron chi connectivity index (χ3n) is 3.91. The zero-order valence-electron chi connectivity index (χ0n) is 13.8. The molecule has 0 saturated heterocycles. The third-order valence-corrected chi connectivity index (χ3v) is 3.91. The minimum Gasteiger partial charge on any atom is -0.350 e. The van der Waals surface area contributed by atoms with E-state index in [-0.39, 0.29) is 16.9 Å². The van der Waals surface area contributed by atoms with Crippen molar-refractivity contribution in [2.24, 2.45) is 7.05 Å². The number of nitrogens with one attached hydrogen (secondary N) is 1. The molecule has 1 aromatic heterocycles. The number of hydrogen-bond donors (Lipinski definition) is 1. The molecule has 0 unspecified atom stereocenters. The Balaban J connectivity index is 1.92. The number of hydrogen-bond acceptors (Lipinski definition) is 4. The van der Waals surface area contributed by atoms with E-state index in [4.69, 9.17) is 0 Å². The fourth-order valence-electron chi connectivity index (χ4n) is 2.69. The first-order valence-corrected chi connectivity index (χ1v) is 7.71. The van der Waals surface area contributed by atoms with Crippen molar-refractivity contribution in [1.29, 1.82) is 5.26 Å². The summed E-state index contributed by atoms with van der Waals surface area (Å²) >= 11 is 0. The molecule has 0 atom stereocenters. The topological polar surface area (TPSA) is 101 Å². The SMILES string of the molecule is Cn1cc(/C=C(/C#N)C(=O)Nc2cccc([N+](=O)[O-])c2)c2ccccc21. The largest absolute Gasteiger partial charge is 0.350 e. The van der Waals surface area contributed by atoms with E-state index in [2.05, 4.69) is 5.32 Å². The third kappa shape index (κ3) is 3.30. The van der Waals surface area contributed by atoms with Crippen molar-refractivity contribution in [3.8, 4) is 6.07 Å². The van der Waals surface area contributed by atoms with Gasteiger partial charge in [-0.05, 0) is 18.2 Å². The van der Waals surface area contributed by atoms with Gasteiger partial charge in [-0.25, -0.2) is 0 Å². The van der Waals surface area contributed by atoms with Crippen LogP contribution in [-0.4, -0.2) is 15.4 Å². The van der Waals surface area contributed by atoms with Gasteiger partial charge < -0.3 is 9.88 Å². The Labute approximate surface area is 148 Å². The number of non-ortho nitro benzene ring substituents is 1. The van der Waals surface area contributed by atoms with Gasteiger partial charge in [-0.1, -0.05) is 24.3 Å². The van der Waals surface area contributed by atoms with E-state index in [1.54, 1.807) is 0 Å². The Morgan fingerprint density at radius 2 is 2.04 bits per heavy atom. The van der Waals surface area contributed by atoms with Crippen LogP contribution < -0.4 is 5.32 Å². The van der Waals surface area contributed by atoms with Gasteiger partial charge in [-0.3, -0.25) is 14.9 Å². The molecule has 0 fully saturated rings. The monoisotopic (exact) mass is 346 g/mol. The van der Waals surface area contributed by atoms with Crippen LogP contribution in [0.25, 0.3) is 17.0 Å². The number of nitrogens with zero attached hydrogens (tertiary/aromatic N) is 3. The molecule has 1 heterocycles. The predicted molar refractivity (Wildman–Crippen MR) is 98.2 cm³/mol. The van der Waals surface area contributed by atoms with Crippen molar-refractivity contribution in [1.82, 2.24) is 4.57 Å². The molecule has 3 rings (SSSR count). The molecular weight excluding hydrogens is 332 g/mol. The van der Waals surface area contributed by atoms with Crippen molar-refractivity contribution < 1.29 is 9.72 Å². The maximum atomic E-state index is 12.4. The molecule has 2 aromatic carbocycles. The van der Waals surface area contributed by atoms with E-state index >= 15 is 0 Å². The highest BCUT2D eigenvalue weighted by molar-refractivity contribution is 6.10. The van der Waals surface area contributed by atoms with Gasteiger partial charge in [0.05, 0.1) is 4.92 Å². The van der Waals surface area contributed by atoms with Crippen molar-refractivity contribution >= 4 is 34.3 Å². The Bertz CT molecular complexity index is 1090. The first kappa shape index (κ1) is 16.9. The van der Waals surface area contributed by atoms with Crippen molar-refractivity contribution in [2.75, 3.05) is 5.32 Å². The first-order valence-electron chi connectivity index (χ1n) is 7.71. The normalized spacial score (nSPS) is 11.2. The Morgan fingerprint density at radius 1 is 1.27 bits per heavy atom. The van der Waals surface area contributed by atoms with Crippen LogP contribution >= 0.6 is 0 Å². The van der Waals surface area contributed by atoms with Gasteiger partial charge in [0.25, 0.3) is 11.6 Å². The zero-order chi connectivity index (χ0) is 18.7.